The quantitative estimate of drug-likeness (QED) is 0.174. The van der Waals surface area contributed by atoms with Gasteiger partial charge in [-0.2, -0.15) is 0 Å². The fourth-order valence-corrected chi connectivity index (χ4v) is 5.32. The molecule has 0 saturated carbocycles. The molecule has 0 bridgehead atoms. The van der Waals surface area contributed by atoms with Crippen LogP contribution in [0.5, 0.6) is 0 Å². The van der Waals surface area contributed by atoms with Crippen molar-refractivity contribution in [2.45, 2.75) is 4.90 Å². The molecule has 1 aliphatic heterocycles. The molecular formula is C22H16N2O4S3. The smallest absolute Gasteiger partial charge is 0.283 e. The van der Waals surface area contributed by atoms with Crippen LogP contribution in [0.1, 0.15) is 5.56 Å². The van der Waals surface area contributed by atoms with Crippen LogP contribution in [0.15, 0.2) is 70.5 Å². The number of amides is 1. The van der Waals surface area contributed by atoms with Crippen molar-refractivity contribution in [1.29, 1.82) is 0 Å². The number of thioether (sulfide) groups is 2. The highest BCUT2D eigenvalue weighted by molar-refractivity contribution is 8.27. The van der Waals surface area contributed by atoms with Gasteiger partial charge in [-0.05, 0) is 29.2 Å². The maximum Gasteiger partial charge on any atom is 0.283 e. The van der Waals surface area contributed by atoms with E-state index in [0.29, 0.717) is 31.1 Å². The SMILES string of the molecule is O=C1C(=Cc2ccc(SCCO)c([N+](=O)[O-])c2)SC(=S)N1c1cccc2ccccc12. The molecule has 3 aromatic rings. The topological polar surface area (TPSA) is 83.7 Å². The van der Waals surface area contributed by atoms with Gasteiger partial charge >= 0.3 is 0 Å². The van der Waals surface area contributed by atoms with Crippen LogP contribution in [0, 0.1) is 10.1 Å². The first kappa shape index (κ1) is 21.5. The van der Waals surface area contributed by atoms with Crippen molar-refractivity contribution in [2.24, 2.45) is 0 Å². The Bertz CT molecular complexity index is 1240. The lowest BCUT2D eigenvalue weighted by Crippen LogP contribution is -2.27. The molecule has 1 aliphatic rings. The molecule has 1 heterocycles. The fourth-order valence-electron chi connectivity index (χ4n) is 3.27. The van der Waals surface area contributed by atoms with Crippen LogP contribution >= 0.6 is 35.7 Å². The standard InChI is InChI=1S/C22H16N2O4S3/c25-10-11-30-19-9-8-14(12-18(19)24(27)28)13-20-21(26)23(22(29)31-20)17-7-3-5-15-4-1-2-6-16(15)17/h1-9,12-13,25H,10-11H2. The summed E-state index contributed by atoms with van der Waals surface area (Å²) in [4.78, 5) is 26.6. The average molecular weight is 469 g/mol. The van der Waals surface area contributed by atoms with E-state index in [1.54, 1.807) is 18.2 Å². The van der Waals surface area contributed by atoms with E-state index in [9.17, 15) is 14.9 Å². The summed E-state index contributed by atoms with van der Waals surface area (Å²) in [5.41, 5.74) is 1.20. The molecule has 0 radical (unpaired) electrons. The molecule has 0 atom stereocenters. The number of carbonyl (C=O) groups excluding carboxylic acids is 1. The molecular weight excluding hydrogens is 452 g/mol. The number of hydrogen-bond donors (Lipinski definition) is 1. The van der Waals surface area contributed by atoms with E-state index < -0.39 is 4.92 Å². The monoisotopic (exact) mass is 468 g/mol. The van der Waals surface area contributed by atoms with Gasteiger partial charge in [-0.3, -0.25) is 19.8 Å². The van der Waals surface area contributed by atoms with E-state index in [2.05, 4.69) is 0 Å². The van der Waals surface area contributed by atoms with Gasteiger partial charge in [0.25, 0.3) is 11.6 Å². The van der Waals surface area contributed by atoms with Crippen molar-refractivity contribution in [1.82, 2.24) is 0 Å². The second-order valence-corrected chi connectivity index (χ2v) is 9.38. The van der Waals surface area contributed by atoms with E-state index in [1.165, 1.54) is 34.5 Å². The summed E-state index contributed by atoms with van der Waals surface area (Å²) in [6.07, 6.45) is 1.62. The molecule has 3 aromatic carbocycles. The van der Waals surface area contributed by atoms with Gasteiger partial charge in [-0.25, -0.2) is 0 Å². The maximum atomic E-state index is 13.2. The Morgan fingerprint density at radius 3 is 2.71 bits per heavy atom. The number of aliphatic hydroxyl groups excluding tert-OH is 1. The lowest BCUT2D eigenvalue weighted by atomic mass is 10.1. The van der Waals surface area contributed by atoms with Gasteiger partial charge in [-0.1, -0.05) is 66.4 Å². The lowest BCUT2D eigenvalue weighted by Gasteiger charge is -2.17. The van der Waals surface area contributed by atoms with Crippen LogP contribution in [0.3, 0.4) is 0 Å². The summed E-state index contributed by atoms with van der Waals surface area (Å²) >= 11 is 7.87. The molecule has 1 amide bonds. The second kappa shape index (κ2) is 9.19. The Morgan fingerprint density at radius 1 is 1.16 bits per heavy atom. The van der Waals surface area contributed by atoms with Crippen LogP contribution in [0.2, 0.25) is 0 Å². The summed E-state index contributed by atoms with van der Waals surface area (Å²) in [6.45, 7) is -0.0692. The first-order chi connectivity index (χ1) is 15.0. The van der Waals surface area contributed by atoms with E-state index in [4.69, 9.17) is 17.3 Å². The van der Waals surface area contributed by atoms with E-state index in [0.717, 1.165) is 10.8 Å². The van der Waals surface area contributed by atoms with Gasteiger partial charge < -0.3 is 5.11 Å². The number of carbonyl (C=O) groups is 1. The fraction of sp³-hybridized carbons (Fsp3) is 0.0909. The van der Waals surface area contributed by atoms with Crippen molar-refractivity contribution < 1.29 is 14.8 Å². The average Bonchev–Trinajstić information content (AvgIpc) is 3.05. The number of rotatable bonds is 6. The van der Waals surface area contributed by atoms with E-state index in [1.807, 2.05) is 42.5 Å². The largest absolute Gasteiger partial charge is 0.396 e. The van der Waals surface area contributed by atoms with Gasteiger partial charge in [0, 0.05) is 17.2 Å². The molecule has 1 saturated heterocycles. The molecule has 0 unspecified atom stereocenters. The minimum Gasteiger partial charge on any atom is -0.396 e. The number of nitro benzene ring substituents is 1. The Balaban J connectivity index is 1.69. The zero-order chi connectivity index (χ0) is 22.0. The van der Waals surface area contributed by atoms with Gasteiger partial charge in [0.15, 0.2) is 4.32 Å². The molecule has 156 valence electrons. The third-order valence-electron chi connectivity index (χ3n) is 4.63. The number of aliphatic hydroxyl groups is 1. The Labute approximate surface area is 192 Å². The van der Waals surface area contributed by atoms with Crippen LogP contribution in [0.4, 0.5) is 11.4 Å². The molecule has 31 heavy (non-hydrogen) atoms. The maximum absolute atomic E-state index is 13.2. The predicted octanol–water partition coefficient (Wildman–Crippen LogP) is 5.24. The van der Waals surface area contributed by atoms with Crippen LogP contribution in [-0.4, -0.2) is 32.6 Å². The summed E-state index contributed by atoms with van der Waals surface area (Å²) in [5, 5.41) is 22.4. The third kappa shape index (κ3) is 4.35. The molecule has 4 rings (SSSR count). The Morgan fingerprint density at radius 2 is 1.94 bits per heavy atom. The number of thiocarbonyl (C=S) groups is 1. The summed E-state index contributed by atoms with van der Waals surface area (Å²) in [5.74, 6) is 0.108. The zero-order valence-electron chi connectivity index (χ0n) is 16.1. The van der Waals surface area contributed by atoms with Crippen LogP contribution < -0.4 is 4.90 Å². The number of anilines is 1. The highest BCUT2D eigenvalue weighted by atomic mass is 32.2. The molecule has 9 heteroatoms. The highest BCUT2D eigenvalue weighted by Crippen LogP contribution is 2.39. The summed E-state index contributed by atoms with van der Waals surface area (Å²) in [6, 6.07) is 18.3. The zero-order valence-corrected chi connectivity index (χ0v) is 18.5. The normalized spacial score (nSPS) is 15.3. The highest BCUT2D eigenvalue weighted by Gasteiger charge is 2.34. The number of nitrogens with zero attached hydrogens (tertiary/aromatic N) is 2. The van der Waals surface area contributed by atoms with Gasteiger partial charge in [0.2, 0.25) is 0 Å². The van der Waals surface area contributed by atoms with Gasteiger partial charge in [-0.15, -0.1) is 11.8 Å². The minimum absolute atomic E-state index is 0.0586. The molecule has 1 N–H and O–H groups in total. The first-order valence-corrected chi connectivity index (χ1v) is 11.5. The van der Waals surface area contributed by atoms with Gasteiger partial charge in [0.1, 0.15) is 0 Å². The number of fused-ring (bicyclic) bond motifs is 1. The Hall–Kier alpha value is -2.72. The van der Waals surface area contributed by atoms with Gasteiger partial charge in [0.05, 0.1) is 27.0 Å². The third-order valence-corrected chi connectivity index (χ3v) is 6.97. The predicted molar refractivity (Wildman–Crippen MR) is 131 cm³/mol. The van der Waals surface area contributed by atoms with Crippen LogP contribution in [-0.2, 0) is 4.79 Å². The molecule has 6 nitrogen and oxygen atoms in total. The van der Waals surface area contributed by atoms with Crippen molar-refractivity contribution >= 4 is 74.2 Å². The Kier molecular flexibility index (Phi) is 6.38. The van der Waals surface area contributed by atoms with E-state index >= 15 is 0 Å². The van der Waals surface area contributed by atoms with Crippen molar-refractivity contribution in [3.63, 3.8) is 0 Å². The van der Waals surface area contributed by atoms with Crippen molar-refractivity contribution in [2.75, 3.05) is 17.3 Å². The number of hydrogen-bond acceptors (Lipinski definition) is 7. The summed E-state index contributed by atoms with van der Waals surface area (Å²) < 4.78 is 0.414. The number of nitro groups is 1. The molecule has 0 aliphatic carbocycles. The lowest BCUT2D eigenvalue weighted by molar-refractivity contribution is -0.387. The second-order valence-electron chi connectivity index (χ2n) is 6.57. The van der Waals surface area contributed by atoms with Crippen LogP contribution in [0.25, 0.3) is 16.8 Å². The van der Waals surface area contributed by atoms with E-state index in [-0.39, 0.29) is 18.2 Å². The summed E-state index contributed by atoms with van der Waals surface area (Å²) in [7, 11) is 0. The molecule has 0 aromatic heterocycles. The first-order valence-electron chi connectivity index (χ1n) is 9.27. The molecule has 0 spiro atoms. The van der Waals surface area contributed by atoms with Crippen molar-refractivity contribution in [3.8, 4) is 0 Å². The van der Waals surface area contributed by atoms with Crippen molar-refractivity contribution in [3.05, 3.63) is 81.2 Å². The molecule has 1 fully saturated rings. The number of benzene rings is 3. The minimum atomic E-state index is -0.460.